The van der Waals surface area contributed by atoms with Gasteiger partial charge in [0.05, 0.1) is 17.2 Å². The van der Waals surface area contributed by atoms with E-state index in [1.165, 1.54) is 0 Å². The highest BCUT2D eigenvalue weighted by molar-refractivity contribution is 5.75. The molecule has 0 saturated heterocycles. The van der Waals surface area contributed by atoms with Crippen LogP contribution in [0.5, 0.6) is 0 Å². The van der Waals surface area contributed by atoms with Crippen molar-refractivity contribution >= 4 is 11.0 Å². The van der Waals surface area contributed by atoms with E-state index in [1.807, 2.05) is 25.1 Å². The van der Waals surface area contributed by atoms with Crippen molar-refractivity contribution in [3.63, 3.8) is 0 Å². The molecule has 6 N–H and O–H groups in total. The number of aromatic nitrogens is 2. The molecule has 0 fully saturated rings. The number of H-pyrrole nitrogens is 1. The smallest absolute Gasteiger partial charge is 0.104 e. The summed E-state index contributed by atoms with van der Waals surface area (Å²) < 4.78 is 0. The Hall–Kier alpha value is -1.43. The third-order valence-corrected chi connectivity index (χ3v) is 2.16. The minimum atomic E-state index is -0.344. The number of aromatic amines is 1. The van der Waals surface area contributed by atoms with Crippen LogP contribution in [0, 0.1) is 6.92 Å². The van der Waals surface area contributed by atoms with E-state index in [4.69, 9.17) is 11.6 Å². The van der Waals surface area contributed by atoms with E-state index < -0.39 is 0 Å². The summed E-state index contributed by atoms with van der Waals surface area (Å²) in [5.41, 5.74) is 11.1. The molecule has 0 aliphatic carbocycles. The van der Waals surface area contributed by atoms with Gasteiger partial charge in [0.1, 0.15) is 5.82 Å². The predicted octanol–water partition coefficient (Wildman–Crippen LogP) is 0.292. The molecule has 1 unspecified atom stereocenters. The van der Waals surface area contributed by atoms with Crippen LogP contribution in [-0.2, 0) is 0 Å². The summed E-state index contributed by atoms with van der Waals surface area (Å²) in [6.45, 7) is 1.92. The lowest BCUT2D eigenvalue weighted by molar-refractivity contribution is 0.577. The molecule has 0 radical (unpaired) electrons. The van der Waals surface area contributed by atoms with Gasteiger partial charge in [-0.05, 0) is 24.6 Å². The summed E-state index contributed by atoms with van der Waals surface area (Å²) in [7, 11) is 0. The molecule has 0 bridgehead atoms. The van der Waals surface area contributed by atoms with E-state index in [0.29, 0.717) is 0 Å². The molecule has 14 heavy (non-hydrogen) atoms. The maximum Gasteiger partial charge on any atom is 0.104 e. The van der Waals surface area contributed by atoms with Crippen LogP contribution in [0.3, 0.4) is 0 Å². The molecule has 0 amide bonds. The van der Waals surface area contributed by atoms with Gasteiger partial charge in [0.15, 0.2) is 0 Å². The Balaban J connectivity index is 2.50. The van der Waals surface area contributed by atoms with Crippen LogP contribution in [0.15, 0.2) is 18.2 Å². The van der Waals surface area contributed by atoms with E-state index in [-0.39, 0.29) is 6.17 Å². The van der Waals surface area contributed by atoms with Gasteiger partial charge in [-0.2, -0.15) is 0 Å². The van der Waals surface area contributed by atoms with E-state index in [1.54, 1.807) is 0 Å². The number of hydrogen-bond acceptors (Lipinski definition) is 4. The van der Waals surface area contributed by atoms with Gasteiger partial charge < -0.3 is 10.7 Å². The molecule has 1 aromatic heterocycles. The van der Waals surface area contributed by atoms with E-state index in [9.17, 15) is 0 Å². The molecule has 1 aromatic carbocycles. The lowest BCUT2D eigenvalue weighted by Gasteiger charge is -2.09. The van der Waals surface area contributed by atoms with Crippen LogP contribution in [-0.4, -0.2) is 9.97 Å². The first-order chi connectivity index (χ1) is 6.70. The van der Waals surface area contributed by atoms with Gasteiger partial charge in [-0.3, -0.25) is 5.84 Å². The minimum absolute atomic E-state index is 0.344. The molecule has 0 spiro atoms. The summed E-state index contributed by atoms with van der Waals surface area (Å²) >= 11 is 0. The third-order valence-electron chi connectivity index (χ3n) is 2.16. The quantitative estimate of drug-likeness (QED) is 0.312. The molecular weight excluding hydrogens is 178 g/mol. The molecule has 0 saturated carbocycles. The van der Waals surface area contributed by atoms with Crippen molar-refractivity contribution in [2.75, 3.05) is 0 Å². The molecule has 0 aliphatic heterocycles. The number of nitrogens with two attached hydrogens (primary N) is 2. The first-order valence-electron chi connectivity index (χ1n) is 4.38. The van der Waals surface area contributed by atoms with Crippen LogP contribution >= 0.6 is 0 Å². The largest absolute Gasteiger partial charge is 0.342 e. The number of fused-ring (bicyclic) bond motifs is 1. The van der Waals surface area contributed by atoms with Gasteiger partial charge in [-0.1, -0.05) is 6.07 Å². The summed E-state index contributed by atoms with van der Waals surface area (Å²) in [6.07, 6.45) is -0.344. The summed E-state index contributed by atoms with van der Waals surface area (Å²) in [5.74, 6) is 6.15. The molecule has 5 heteroatoms. The Bertz CT molecular complexity index is 447. The highest BCUT2D eigenvalue weighted by Gasteiger charge is 2.05. The van der Waals surface area contributed by atoms with Gasteiger partial charge in [0.2, 0.25) is 0 Å². The van der Waals surface area contributed by atoms with Crippen LogP contribution < -0.4 is 17.0 Å². The first-order valence-corrected chi connectivity index (χ1v) is 4.38. The maximum atomic E-state index is 5.72. The Labute approximate surface area is 81.5 Å². The zero-order valence-electron chi connectivity index (χ0n) is 7.91. The second-order valence-electron chi connectivity index (χ2n) is 3.24. The first kappa shape index (κ1) is 9.14. The lowest BCUT2D eigenvalue weighted by Crippen LogP contribution is -2.33. The zero-order chi connectivity index (χ0) is 10.1. The van der Waals surface area contributed by atoms with Crippen molar-refractivity contribution in [1.82, 2.24) is 15.4 Å². The molecule has 1 atom stereocenters. The lowest BCUT2D eigenvalue weighted by atomic mass is 10.1. The molecular formula is C9H13N5. The highest BCUT2D eigenvalue weighted by Crippen LogP contribution is 2.15. The maximum absolute atomic E-state index is 5.72. The van der Waals surface area contributed by atoms with Crippen LogP contribution in [0.4, 0.5) is 0 Å². The average Bonchev–Trinajstić information content (AvgIpc) is 2.55. The number of rotatable bonds is 2. The normalized spacial score (nSPS) is 13.4. The van der Waals surface area contributed by atoms with E-state index >= 15 is 0 Å². The molecule has 2 aromatic rings. The van der Waals surface area contributed by atoms with Gasteiger partial charge in [-0.25, -0.2) is 10.4 Å². The number of nitrogens with one attached hydrogen (secondary N) is 2. The van der Waals surface area contributed by atoms with Gasteiger partial charge in [0, 0.05) is 0 Å². The van der Waals surface area contributed by atoms with Crippen molar-refractivity contribution in [2.24, 2.45) is 11.6 Å². The van der Waals surface area contributed by atoms with Crippen LogP contribution in [0.25, 0.3) is 11.0 Å². The van der Waals surface area contributed by atoms with E-state index in [2.05, 4.69) is 15.4 Å². The Morgan fingerprint density at radius 1 is 1.50 bits per heavy atom. The predicted molar refractivity (Wildman–Crippen MR) is 55.1 cm³/mol. The van der Waals surface area contributed by atoms with Crippen molar-refractivity contribution in [1.29, 1.82) is 0 Å². The van der Waals surface area contributed by atoms with Gasteiger partial charge in [-0.15, -0.1) is 0 Å². The number of aryl methyl sites for hydroxylation is 1. The monoisotopic (exact) mass is 191 g/mol. The van der Waals surface area contributed by atoms with Gasteiger partial charge >= 0.3 is 0 Å². The van der Waals surface area contributed by atoms with Crippen molar-refractivity contribution in [3.05, 3.63) is 29.6 Å². The molecule has 2 rings (SSSR count). The average molecular weight is 191 g/mol. The van der Waals surface area contributed by atoms with E-state index in [0.717, 1.165) is 22.4 Å². The number of hydrazine groups is 1. The Morgan fingerprint density at radius 2 is 2.29 bits per heavy atom. The fourth-order valence-corrected chi connectivity index (χ4v) is 1.44. The van der Waals surface area contributed by atoms with Crippen molar-refractivity contribution in [3.8, 4) is 0 Å². The summed E-state index contributed by atoms with van der Waals surface area (Å²) in [4.78, 5) is 7.43. The van der Waals surface area contributed by atoms with Crippen LogP contribution in [0.1, 0.15) is 17.6 Å². The van der Waals surface area contributed by atoms with Gasteiger partial charge in [0.25, 0.3) is 0 Å². The second kappa shape index (κ2) is 3.38. The van der Waals surface area contributed by atoms with Crippen molar-refractivity contribution < 1.29 is 0 Å². The number of hydrogen-bond donors (Lipinski definition) is 4. The molecule has 74 valence electrons. The Morgan fingerprint density at radius 3 is 3.00 bits per heavy atom. The third kappa shape index (κ3) is 1.48. The summed E-state index contributed by atoms with van der Waals surface area (Å²) in [5, 5.41) is 0. The summed E-state index contributed by atoms with van der Waals surface area (Å²) in [6, 6.07) is 5.78. The van der Waals surface area contributed by atoms with Crippen molar-refractivity contribution in [2.45, 2.75) is 13.1 Å². The fraction of sp³-hybridized carbons (Fsp3) is 0.222. The van der Waals surface area contributed by atoms with Crippen LogP contribution in [0.2, 0.25) is 0 Å². The Kier molecular flexibility index (Phi) is 2.20. The highest BCUT2D eigenvalue weighted by atomic mass is 15.3. The minimum Gasteiger partial charge on any atom is -0.342 e. The molecule has 1 heterocycles. The SMILES string of the molecule is Cc1nc2ccc(C(N)NN)cc2[nH]1. The molecule has 0 aliphatic rings. The standard InChI is InChI=1S/C9H13N5/c1-5-12-7-3-2-6(9(10)14-11)4-8(7)13-5/h2-4,9,14H,10-11H2,1H3,(H,12,13). The molecule has 5 nitrogen and oxygen atoms in total. The number of nitrogens with zero attached hydrogens (tertiary/aromatic N) is 1. The topological polar surface area (TPSA) is 92.8 Å². The zero-order valence-corrected chi connectivity index (χ0v) is 7.91. The fourth-order valence-electron chi connectivity index (χ4n) is 1.44. The second-order valence-corrected chi connectivity index (χ2v) is 3.24. The number of imidazole rings is 1. The number of benzene rings is 1.